The van der Waals surface area contributed by atoms with Gasteiger partial charge in [0.05, 0.1) is 18.6 Å². The Labute approximate surface area is 144 Å². The lowest BCUT2D eigenvalue weighted by atomic mass is 9.97. The molecule has 1 atom stereocenters. The smallest absolute Gasteiger partial charge is 0.248 e. The Morgan fingerprint density at radius 3 is 2.83 bits per heavy atom. The minimum Gasteiger partial charge on any atom is -0.371 e. The number of imidazole rings is 1. The Bertz CT molecular complexity index is 563. The van der Waals surface area contributed by atoms with Crippen LogP contribution in [0.4, 0.5) is 0 Å². The quantitative estimate of drug-likeness (QED) is 0.793. The zero-order valence-corrected chi connectivity index (χ0v) is 15.2. The highest BCUT2D eigenvalue weighted by Crippen LogP contribution is 2.31. The third-order valence-electron chi connectivity index (χ3n) is 5.34. The summed E-state index contributed by atoms with van der Waals surface area (Å²) in [6, 6.07) is 0. The molecule has 134 valence electrons. The Morgan fingerprint density at radius 1 is 1.38 bits per heavy atom. The SMILES string of the molecule is CN(C)C(=O)COCC1CN(CC2CCCC2)Cc2ncn(C)c21. The molecule has 6 heteroatoms. The standard InChI is InChI=1S/C18H30N4O2/c1-20(2)17(23)12-24-11-15-9-22(8-14-6-4-5-7-14)10-16-18(15)21(3)13-19-16/h13-15H,4-12H2,1-3H3. The first-order valence-electron chi connectivity index (χ1n) is 9.05. The summed E-state index contributed by atoms with van der Waals surface area (Å²) in [7, 11) is 5.57. The first kappa shape index (κ1) is 17.4. The van der Waals surface area contributed by atoms with E-state index in [0.717, 1.165) is 19.0 Å². The fourth-order valence-corrected chi connectivity index (χ4v) is 4.05. The van der Waals surface area contributed by atoms with E-state index in [1.54, 1.807) is 19.0 Å². The summed E-state index contributed by atoms with van der Waals surface area (Å²) in [5.41, 5.74) is 2.45. The molecule has 1 aromatic heterocycles. The Balaban J connectivity index is 1.62. The molecule has 6 nitrogen and oxygen atoms in total. The van der Waals surface area contributed by atoms with Crippen molar-refractivity contribution in [3.8, 4) is 0 Å². The van der Waals surface area contributed by atoms with Crippen LogP contribution in [0.5, 0.6) is 0 Å². The molecule has 1 unspecified atom stereocenters. The summed E-state index contributed by atoms with van der Waals surface area (Å²) in [5, 5.41) is 0. The minimum atomic E-state index is 0.0128. The molecule has 0 spiro atoms. The lowest BCUT2D eigenvalue weighted by molar-refractivity contribution is -0.133. The van der Waals surface area contributed by atoms with Crippen molar-refractivity contribution in [1.82, 2.24) is 19.4 Å². The summed E-state index contributed by atoms with van der Waals surface area (Å²) in [6.45, 7) is 3.84. The number of nitrogens with zero attached hydrogens (tertiary/aromatic N) is 4. The van der Waals surface area contributed by atoms with E-state index in [-0.39, 0.29) is 18.4 Å². The molecular formula is C18H30N4O2. The predicted molar refractivity (Wildman–Crippen MR) is 92.7 cm³/mol. The number of carbonyl (C=O) groups is 1. The number of amides is 1. The second kappa shape index (κ2) is 7.66. The van der Waals surface area contributed by atoms with Gasteiger partial charge in [0, 0.05) is 52.4 Å². The van der Waals surface area contributed by atoms with Gasteiger partial charge >= 0.3 is 0 Å². The van der Waals surface area contributed by atoms with Crippen LogP contribution in [-0.4, -0.2) is 65.7 Å². The van der Waals surface area contributed by atoms with Gasteiger partial charge in [-0.3, -0.25) is 9.69 Å². The summed E-state index contributed by atoms with van der Waals surface area (Å²) in [6.07, 6.45) is 7.40. The van der Waals surface area contributed by atoms with Crippen molar-refractivity contribution in [3.05, 3.63) is 17.7 Å². The van der Waals surface area contributed by atoms with Crippen LogP contribution in [0.3, 0.4) is 0 Å². The van der Waals surface area contributed by atoms with Crippen LogP contribution in [0.25, 0.3) is 0 Å². The van der Waals surface area contributed by atoms with Crippen LogP contribution in [0.1, 0.15) is 43.0 Å². The molecule has 24 heavy (non-hydrogen) atoms. The van der Waals surface area contributed by atoms with E-state index >= 15 is 0 Å². The summed E-state index contributed by atoms with van der Waals surface area (Å²) in [5.74, 6) is 1.14. The van der Waals surface area contributed by atoms with E-state index in [1.807, 2.05) is 6.33 Å². The molecule has 1 amide bonds. The molecular weight excluding hydrogens is 304 g/mol. The first-order chi connectivity index (χ1) is 11.5. The third-order valence-corrected chi connectivity index (χ3v) is 5.34. The fourth-order valence-electron chi connectivity index (χ4n) is 4.05. The Morgan fingerprint density at radius 2 is 2.12 bits per heavy atom. The number of hydrogen-bond acceptors (Lipinski definition) is 4. The monoisotopic (exact) mass is 334 g/mol. The highest BCUT2D eigenvalue weighted by molar-refractivity contribution is 5.76. The van der Waals surface area contributed by atoms with Crippen molar-refractivity contribution in [3.63, 3.8) is 0 Å². The van der Waals surface area contributed by atoms with E-state index in [2.05, 4.69) is 21.5 Å². The summed E-state index contributed by atoms with van der Waals surface area (Å²) >= 11 is 0. The molecule has 1 saturated carbocycles. The number of aryl methyl sites for hydroxylation is 1. The van der Waals surface area contributed by atoms with Crippen molar-refractivity contribution in [2.24, 2.45) is 13.0 Å². The maximum atomic E-state index is 11.7. The second-order valence-corrected chi connectivity index (χ2v) is 7.53. The number of hydrogen-bond donors (Lipinski definition) is 0. The number of ether oxygens (including phenoxy) is 1. The summed E-state index contributed by atoms with van der Waals surface area (Å²) < 4.78 is 7.85. The largest absolute Gasteiger partial charge is 0.371 e. The molecule has 0 radical (unpaired) electrons. The fraction of sp³-hybridized carbons (Fsp3) is 0.778. The number of rotatable bonds is 6. The summed E-state index contributed by atoms with van der Waals surface area (Å²) in [4.78, 5) is 20.4. The zero-order chi connectivity index (χ0) is 17.1. The van der Waals surface area contributed by atoms with Gasteiger partial charge in [0.25, 0.3) is 0 Å². The van der Waals surface area contributed by atoms with Gasteiger partial charge in [-0.2, -0.15) is 0 Å². The number of carbonyl (C=O) groups excluding carboxylic acids is 1. The van der Waals surface area contributed by atoms with Crippen molar-refractivity contribution >= 4 is 5.91 Å². The molecule has 2 aliphatic rings. The number of aromatic nitrogens is 2. The van der Waals surface area contributed by atoms with Gasteiger partial charge < -0.3 is 14.2 Å². The van der Waals surface area contributed by atoms with Crippen LogP contribution in [0.2, 0.25) is 0 Å². The maximum Gasteiger partial charge on any atom is 0.248 e. The molecule has 0 bridgehead atoms. The van der Waals surface area contributed by atoms with E-state index in [0.29, 0.717) is 6.61 Å². The molecule has 0 aromatic carbocycles. The van der Waals surface area contributed by atoms with E-state index in [1.165, 1.54) is 43.6 Å². The number of fused-ring (bicyclic) bond motifs is 1. The lowest BCUT2D eigenvalue weighted by Crippen LogP contribution is -2.39. The van der Waals surface area contributed by atoms with Gasteiger partial charge in [-0.25, -0.2) is 4.98 Å². The van der Waals surface area contributed by atoms with Crippen LogP contribution in [0.15, 0.2) is 6.33 Å². The average Bonchev–Trinajstić information content (AvgIpc) is 3.17. The normalized spacial score (nSPS) is 21.9. The van der Waals surface area contributed by atoms with Crippen molar-refractivity contribution in [2.45, 2.75) is 38.1 Å². The molecule has 0 N–H and O–H groups in total. The molecule has 1 aromatic rings. The molecule has 0 saturated heterocycles. The van der Waals surface area contributed by atoms with Gasteiger partial charge in [0.1, 0.15) is 6.61 Å². The van der Waals surface area contributed by atoms with E-state index in [4.69, 9.17) is 4.74 Å². The highest BCUT2D eigenvalue weighted by atomic mass is 16.5. The Kier molecular flexibility index (Phi) is 5.56. The van der Waals surface area contributed by atoms with Gasteiger partial charge in [-0.15, -0.1) is 0 Å². The zero-order valence-electron chi connectivity index (χ0n) is 15.2. The van der Waals surface area contributed by atoms with Gasteiger partial charge in [-0.05, 0) is 18.8 Å². The highest BCUT2D eigenvalue weighted by Gasteiger charge is 2.31. The maximum absolute atomic E-state index is 11.7. The van der Waals surface area contributed by atoms with Crippen LogP contribution in [-0.2, 0) is 23.1 Å². The number of likely N-dealkylation sites (N-methyl/N-ethyl adjacent to an activating group) is 1. The van der Waals surface area contributed by atoms with E-state index < -0.39 is 0 Å². The Hall–Kier alpha value is -1.40. The first-order valence-corrected chi connectivity index (χ1v) is 9.05. The average molecular weight is 334 g/mol. The second-order valence-electron chi connectivity index (χ2n) is 7.53. The molecule has 3 rings (SSSR count). The molecule has 2 heterocycles. The third kappa shape index (κ3) is 3.98. The van der Waals surface area contributed by atoms with E-state index in [9.17, 15) is 4.79 Å². The van der Waals surface area contributed by atoms with Crippen molar-refractivity contribution < 1.29 is 9.53 Å². The minimum absolute atomic E-state index is 0.0128. The van der Waals surface area contributed by atoms with Gasteiger partial charge in [0.15, 0.2) is 0 Å². The van der Waals surface area contributed by atoms with Gasteiger partial charge in [0.2, 0.25) is 5.91 Å². The molecule has 1 aliphatic carbocycles. The predicted octanol–water partition coefficient (Wildman–Crippen LogP) is 1.61. The van der Waals surface area contributed by atoms with Gasteiger partial charge in [-0.1, -0.05) is 12.8 Å². The molecule has 1 fully saturated rings. The van der Waals surface area contributed by atoms with Crippen LogP contribution < -0.4 is 0 Å². The van der Waals surface area contributed by atoms with Crippen molar-refractivity contribution in [1.29, 1.82) is 0 Å². The van der Waals surface area contributed by atoms with Crippen molar-refractivity contribution in [2.75, 3.05) is 40.4 Å². The lowest BCUT2D eigenvalue weighted by Gasteiger charge is -2.34. The molecule has 1 aliphatic heterocycles. The van der Waals surface area contributed by atoms with Crippen LogP contribution >= 0.6 is 0 Å². The van der Waals surface area contributed by atoms with Crippen LogP contribution in [0, 0.1) is 5.92 Å². The topological polar surface area (TPSA) is 50.6 Å².